The molecule has 8 aromatic carbocycles. The van der Waals surface area contributed by atoms with E-state index in [-0.39, 0.29) is 0 Å². The molecule has 280 valence electrons. The molecule has 0 aliphatic rings. The molecule has 0 fully saturated rings. The lowest BCUT2D eigenvalue weighted by atomic mass is 9.93. The Balaban J connectivity index is 1.11. The molecule has 0 aliphatic heterocycles. The van der Waals surface area contributed by atoms with E-state index >= 15 is 0 Å². The third-order valence-corrected chi connectivity index (χ3v) is 13.9. The molecular weight excluding hydrogens is 767 g/mol. The largest absolute Gasteiger partial charge is 0.264 e. The van der Waals surface area contributed by atoms with Gasteiger partial charge >= 0.3 is 0 Å². The Morgan fingerprint density at radius 2 is 0.867 bits per heavy atom. The van der Waals surface area contributed by atoms with Gasteiger partial charge in [-0.05, 0) is 111 Å². The first-order chi connectivity index (χ1) is 29.7. The van der Waals surface area contributed by atoms with Crippen molar-refractivity contribution in [2.45, 2.75) is 0 Å². The number of thiophene rings is 2. The summed E-state index contributed by atoms with van der Waals surface area (Å²) in [4.78, 5) is 15.3. The molecule has 12 rings (SSSR count). The monoisotopic (exact) mass is 799 g/mol. The molecule has 0 radical (unpaired) electrons. The summed E-state index contributed by atoms with van der Waals surface area (Å²) in [7, 11) is 0. The second-order valence-corrected chi connectivity index (χ2v) is 17.4. The van der Waals surface area contributed by atoms with E-state index < -0.39 is 0 Å². The summed E-state index contributed by atoms with van der Waals surface area (Å²) < 4.78 is 5.19. The third-order valence-electron chi connectivity index (χ3n) is 11.6. The van der Waals surface area contributed by atoms with E-state index in [0.29, 0.717) is 5.82 Å². The first kappa shape index (κ1) is 34.7. The molecule has 4 aromatic heterocycles. The zero-order valence-electron chi connectivity index (χ0n) is 32.2. The smallest absolute Gasteiger partial charge is 0.161 e. The van der Waals surface area contributed by atoms with Crippen LogP contribution < -0.4 is 0 Å². The lowest BCUT2D eigenvalue weighted by Gasteiger charge is -2.15. The predicted molar refractivity (Wildman–Crippen MR) is 256 cm³/mol. The van der Waals surface area contributed by atoms with Crippen molar-refractivity contribution in [1.82, 2.24) is 15.0 Å². The molecule has 0 spiro atoms. The highest BCUT2D eigenvalue weighted by atomic mass is 32.1. The highest BCUT2D eigenvalue weighted by Crippen LogP contribution is 2.42. The van der Waals surface area contributed by atoms with Gasteiger partial charge in [-0.1, -0.05) is 115 Å². The van der Waals surface area contributed by atoms with Crippen LogP contribution in [0.5, 0.6) is 0 Å². The highest BCUT2D eigenvalue weighted by Gasteiger charge is 2.18. The van der Waals surface area contributed by atoms with Gasteiger partial charge in [0.05, 0.1) is 11.4 Å². The molecule has 0 amide bonds. The fourth-order valence-corrected chi connectivity index (χ4v) is 10.8. The van der Waals surface area contributed by atoms with E-state index in [2.05, 4.69) is 187 Å². The molecule has 4 heterocycles. The average Bonchev–Trinajstić information content (AvgIpc) is 3.89. The Labute approximate surface area is 354 Å². The van der Waals surface area contributed by atoms with Gasteiger partial charge in [0.1, 0.15) is 0 Å². The van der Waals surface area contributed by atoms with Crippen molar-refractivity contribution < 1.29 is 0 Å². The fraction of sp³-hybridized carbons (Fsp3) is 0. The van der Waals surface area contributed by atoms with Crippen LogP contribution in [0, 0.1) is 0 Å². The van der Waals surface area contributed by atoms with Crippen molar-refractivity contribution in [3.05, 3.63) is 200 Å². The van der Waals surface area contributed by atoms with Crippen molar-refractivity contribution in [1.29, 1.82) is 0 Å². The van der Waals surface area contributed by atoms with E-state index in [0.717, 1.165) is 50.3 Å². The van der Waals surface area contributed by atoms with Crippen LogP contribution in [0.2, 0.25) is 0 Å². The van der Waals surface area contributed by atoms with Crippen LogP contribution in [0.4, 0.5) is 0 Å². The Morgan fingerprint density at radius 3 is 1.53 bits per heavy atom. The van der Waals surface area contributed by atoms with Crippen LogP contribution in [0.15, 0.2) is 200 Å². The second kappa shape index (κ2) is 14.2. The molecule has 0 unspecified atom stereocenters. The predicted octanol–water partition coefficient (Wildman–Crippen LogP) is 15.8. The van der Waals surface area contributed by atoms with E-state index in [4.69, 9.17) is 9.97 Å². The Kier molecular flexibility index (Phi) is 8.22. The summed E-state index contributed by atoms with van der Waals surface area (Å²) in [6, 6.07) is 67.9. The van der Waals surface area contributed by atoms with Crippen molar-refractivity contribution in [2.24, 2.45) is 0 Å². The minimum Gasteiger partial charge on any atom is -0.264 e. The van der Waals surface area contributed by atoms with Crippen LogP contribution in [-0.4, -0.2) is 15.0 Å². The SMILES string of the molecule is c1cncc(-c2ccccc2-c2nc(-c3cc(-c4ccc5sc6ccccc6c5c4)cc(-c4ccc5sc6ccccc6c5c4)c3)cc(-c3ccc4ccccc4c3)n2)c1. The summed E-state index contributed by atoms with van der Waals surface area (Å²) in [5.74, 6) is 0.666. The van der Waals surface area contributed by atoms with Crippen LogP contribution in [0.3, 0.4) is 0 Å². The summed E-state index contributed by atoms with van der Waals surface area (Å²) in [6.45, 7) is 0. The van der Waals surface area contributed by atoms with Crippen molar-refractivity contribution >= 4 is 73.8 Å². The molecule has 0 saturated carbocycles. The van der Waals surface area contributed by atoms with Gasteiger partial charge in [0.25, 0.3) is 0 Å². The normalized spacial score (nSPS) is 11.7. The number of hydrogen-bond acceptors (Lipinski definition) is 5. The first-order valence-corrected chi connectivity index (χ1v) is 21.7. The maximum absolute atomic E-state index is 5.45. The molecule has 5 heteroatoms. The number of aromatic nitrogens is 3. The maximum atomic E-state index is 5.45. The van der Waals surface area contributed by atoms with E-state index in [1.165, 1.54) is 62.2 Å². The molecule has 3 nitrogen and oxygen atoms in total. The Bertz CT molecular complexity index is 3490. The zero-order valence-corrected chi connectivity index (χ0v) is 33.8. The van der Waals surface area contributed by atoms with Gasteiger partial charge in [-0.2, -0.15) is 0 Å². The van der Waals surface area contributed by atoms with Gasteiger partial charge < -0.3 is 0 Å². The summed E-state index contributed by atoms with van der Waals surface area (Å²) >= 11 is 3.70. The third kappa shape index (κ3) is 6.06. The van der Waals surface area contributed by atoms with Crippen molar-refractivity contribution in [3.8, 4) is 67.3 Å². The molecule has 12 aromatic rings. The number of benzene rings is 8. The van der Waals surface area contributed by atoms with E-state index in [1.807, 2.05) is 41.1 Å². The van der Waals surface area contributed by atoms with Gasteiger partial charge in [0.15, 0.2) is 5.82 Å². The molecular formula is C55H33N3S2. The molecule has 0 atom stereocenters. The quantitative estimate of drug-likeness (QED) is 0.168. The summed E-state index contributed by atoms with van der Waals surface area (Å²) in [5, 5.41) is 7.50. The Hall–Kier alpha value is -7.31. The van der Waals surface area contributed by atoms with E-state index in [1.54, 1.807) is 0 Å². The van der Waals surface area contributed by atoms with Gasteiger partial charge in [-0.15, -0.1) is 22.7 Å². The number of hydrogen-bond donors (Lipinski definition) is 0. The number of nitrogens with zero attached hydrogens (tertiary/aromatic N) is 3. The van der Waals surface area contributed by atoms with Gasteiger partial charge in [0.2, 0.25) is 0 Å². The average molecular weight is 800 g/mol. The number of pyridine rings is 1. The number of fused-ring (bicyclic) bond motifs is 7. The molecule has 0 aliphatic carbocycles. The Morgan fingerprint density at radius 1 is 0.317 bits per heavy atom. The molecule has 0 N–H and O–H groups in total. The van der Waals surface area contributed by atoms with Crippen LogP contribution in [0.25, 0.3) is 118 Å². The number of rotatable bonds is 6. The molecule has 0 saturated heterocycles. The fourth-order valence-electron chi connectivity index (χ4n) is 8.58. The van der Waals surface area contributed by atoms with Crippen molar-refractivity contribution in [2.75, 3.05) is 0 Å². The zero-order chi connectivity index (χ0) is 39.6. The standard InChI is InChI=1S/C55H33N3S2/c1-2-11-35-26-38(20-19-34(35)10-1)49-32-50(58-55(57-49)46-16-4-3-13-43(46)39-12-9-25-56-33-39)42-28-40(36-21-23-53-47(30-36)44-14-5-7-17-51(44)59-53)27-41(29-42)37-22-24-54-48(31-37)45-15-6-8-18-52(45)60-54/h1-33H. The topological polar surface area (TPSA) is 38.7 Å². The molecule has 0 bridgehead atoms. The van der Waals surface area contributed by atoms with Gasteiger partial charge in [-0.25, -0.2) is 9.97 Å². The highest BCUT2D eigenvalue weighted by molar-refractivity contribution is 7.26. The maximum Gasteiger partial charge on any atom is 0.161 e. The summed E-state index contributed by atoms with van der Waals surface area (Å²) in [6.07, 6.45) is 3.71. The van der Waals surface area contributed by atoms with Crippen LogP contribution in [0.1, 0.15) is 0 Å². The molecule has 60 heavy (non-hydrogen) atoms. The van der Waals surface area contributed by atoms with Crippen LogP contribution in [-0.2, 0) is 0 Å². The van der Waals surface area contributed by atoms with Gasteiger partial charge in [-0.3, -0.25) is 4.98 Å². The summed E-state index contributed by atoms with van der Waals surface area (Å²) in [5.41, 5.74) is 11.4. The first-order valence-electron chi connectivity index (χ1n) is 20.1. The lowest BCUT2D eigenvalue weighted by molar-refractivity contribution is 1.18. The minimum atomic E-state index is 0.666. The van der Waals surface area contributed by atoms with Gasteiger partial charge in [0, 0.05) is 75.0 Å². The van der Waals surface area contributed by atoms with Crippen LogP contribution >= 0.6 is 22.7 Å². The second-order valence-electron chi connectivity index (χ2n) is 15.2. The van der Waals surface area contributed by atoms with E-state index in [9.17, 15) is 0 Å². The lowest BCUT2D eigenvalue weighted by Crippen LogP contribution is -1.98. The van der Waals surface area contributed by atoms with Crippen molar-refractivity contribution in [3.63, 3.8) is 0 Å². The minimum absolute atomic E-state index is 0.666.